The van der Waals surface area contributed by atoms with E-state index in [4.69, 9.17) is 4.74 Å². The smallest absolute Gasteiger partial charge is 0.309 e. The van der Waals surface area contributed by atoms with Crippen molar-refractivity contribution in [1.29, 1.82) is 0 Å². The molecule has 0 saturated heterocycles. The summed E-state index contributed by atoms with van der Waals surface area (Å²) >= 11 is 0. The van der Waals surface area contributed by atoms with E-state index in [1.54, 1.807) is 0 Å². The third-order valence-corrected chi connectivity index (χ3v) is 13.3. The number of carbonyl (C=O) groups is 3. The summed E-state index contributed by atoms with van der Waals surface area (Å²) in [6.45, 7) is 17.4. The van der Waals surface area contributed by atoms with Crippen LogP contribution in [0.3, 0.4) is 0 Å². The Balaban J connectivity index is 1.58. The fourth-order valence-electron chi connectivity index (χ4n) is 10.8. The summed E-state index contributed by atoms with van der Waals surface area (Å²) in [7, 11) is 0. The van der Waals surface area contributed by atoms with Crippen LogP contribution < -0.4 is 0 Å². The topological polar surface area (TPSA) is 80.7 Å². The van der Waals surface area contributed by atoms with Crippen molar-refractivity contribution in [2.24, 2.45) is 50.2 Å². The zero-order valence-corrected chi connectivity index (χ0v) is 24.3. The number of fused-ring (bicyclic) bond motifs is 7. The van der Waals surface area contributed by atoms with Crippen molar-refractivity contribution < 1.29 is 24.2 Å². The van der Waals surface area contributed by atoms with E-state index in [1.807, 2.05) is 13.0 Å². The van der Waals surface area contributed by atoms with Gasteiger partial charge in [0.25, 0.3) is 0 Å². The van der Waals surface area contributed by atoms with Gasteiger partial charge in [0.1, 0.15) is 6.10 Å². The summed E-state index contributed by atoms with van der Waals surface area (Å²) < 4.78 is 5.82. The van der Waals surface area contributed by atoms with Gasteiger partial charge in [-0.3, -0.25) is 14.4 Å². The molecule has 4 saturated carbocycles. The molecule has 5 rings (SSSR count). The Morgan fingerprint density at radius 1 is 0.919 bits per heavy atom. The van der Waals surface area contributed by atoms with Crippen LogP contribution in [-0.2, 0) is 19.1 Å². The number of allylic oxidation sites excluding steroid dienone is 2. The van der Waals surface area contributed by atoms with E-state index in [2.05, 4.69) is 41.5 Å². The second-order valence-electron chi connectivity index (χ2n) is 15.5. The van der Waals surface area contributed by atoms with Crippen molar-refractivity contribution in [1.82, 2.24) is 0 Å². The van der Waals surface area contributed by atoms with Crippen molar-refractivity contribution in [2.45, 2.75) is 119 Å². The molecule has 0 aliphatic heterocycles. The standard InChI is InChI=1S/C32H48O5/c1-19(33)37-24-10-11-30(6)23(27(24,2)3)9-12-32(8)25(30)22(34)17-20-21-18-29(5,26(35)36)14-13-28(21,4)15-16-31(20,32)7/h17,21,23-25H,9-16,18H2,1-8H3,(H,35,36)/t21-,23+,24-,25-,28+,29-,30-,31+,32+/m0/s1. The molecule has 9 atom stereocenters. The number of ketones is 1. The van der Waals surface area contributed by atoms with Gasteiger partial charge in [0.05, 0.1) is 5.41 Å². The van der Waals surface area contributed by atoms with Crippen LogP contribution in [-0.4, -0.2) is 28.9 Å². The summed E-state index contributed by atoms with van der Waals surface area (Å²) in [6.07, 6.45) is 10.0. The SMILES string of the molecule is CC(=O)O[C@H]1CC[C@@]2(C)[C@H](CC[C@]3(C)[C@H]2C(=O)C=C2[C@@H]4C[C@@](C)(C(=O)O)CC[C@]4(C)CC[C@]23C)C1(C)C. The molecule has 0 heterocycles. The predicted octanol–water partition coefficient (Wildman–Crippen LogP) is 6.98. The molecule has 4 fully saturated rings. The van der Waals surface area contributed by atoms with Gasteiger partial charge in [0.15, 0.2) is 5.78 Å². The monoisotopic (exact) mass is 512 g/mol. The zero-order chi connectivity index (χ0) is 27.4. The van der Waals surface area contributed by atoms with Crippen LogP contribution in [0.2, 0.25) is 0 Å². The molecule has 5 aliphatic carbocycles. The molecule has 206 valence electrons. The lowest BCUT2D eigenvalue weighted by Crippen LogP contribution is -2.66. The van der Waals surface area contributed by atoms with Gasteiger partial charge in [-0.2, -0.15) is 0 Å². The normalized spacial score (nSPS) is 50.5. The summed E-state index contributed by atoms with van der Waals surface area (Å²) in [4.78, 5) is 38.5. The van der Waals surface area contributed by atoms with Gasteiger partial charge < -0.3 is 9.84 Å². The Bertz CT molecular complexity index is 1070. The summed E-state index contributed by atoms with van der Waals surface area (Å²) in [6, 6.07) is 0. The highest BCUT2D eigenvalue weighted by Gasteiger charge is 2.70. The van der Waals surface area contributed by atoms with Crippen LogP contribution in [0.1, 0.15) is 113 Å². The van der Waals surface area contributed by atoms with Crippen LogP contribution in [0.4, 0.5) is 0 Å². The number of carboxylic acids is 1. The molecular weight excluding hydrogens is 464 g/mol. The maximum atomic E-state index is 14.4. The molecule has 5 aliphatic rings. The van der Waals surface area contributed by atoms with E-state index in [-0.39, 0.29) is 56.8 Å². The zero-order valence-electron chi connectivity index (χ0n) is 24.3. The molecule has 0 bridgehead atoms. The van der Waals surface area contributed by atoms with Gasteiger partial charge in [-0.25, -0.2) is 0 Å². The van der Waals surface area contributed by atoms with E-state index < -0.39 is 11.4 Å². The Hall–Kier alpha value is -1.65. The van der Waals surface area contributed by atoms with Crippen LogP contribution in [0, 0.1) is 50.2 Å². The average Bonchev–Trinajstić information content (AvgIpc) is 2.78. The lowest BCUT2D eigenvalue weighted by atomic mass is 9.33. The van der Waals surface area contributed by atoms with E-state index in [9.17, 15) is 19.5 Å². The van der Waals surface area contributed by atoms with Crippen molar-refractivity contribution in [3.63, 3.8) is 0 Å². The minimum absolute atomic E-state index is 0.0644. The maximum absolute atomic E-state index is 14.4. The summed E-state index contributed by atoms with van der Waals surface area (Å²) in [5.74, 6) is -0.280. The van der Waals surface area contributed by atoms with Gasteiger partial charge in [0.2, 0.25) is 0 Å². The highest BCUT2D eigenvalue weighted by Crippen LogP contribution is 2.75. The van der Waals surface area contributed by atoms with Crippen molar-refractivity contribution >= 4 is 17.7 Å². The highest BCUT2D eigenvalue weighted by molar-refractivity contribution is 5.95. The first kappa shape index (κ1) is 26.9. The van der Waals surface area contributed by atoms with E-state index in [1.165, 1.54) is 12.5 Å². The fraction of sp³-hybridized carbons (Fsp3) is 0.844. The Morgan fingerprint density at radius 2 is 1.57 bits per heavy atom. The first-order valence-electron chi connectivity index (χ1n) is 14.6. The van der Waals surface area contributed by atoms with Crippen LogP contribution in [0.5, 0.6) is 0 Å². The van der Waals surface area contributed by atoms with Crippen LogP contribution in [0.15, 0.2) is 11.6 Å². The number of rotatable bonds is 2. The molecule has 0 aromatic heterocycles. The second kappa shape index (κ2) is 7.94. The average molecular weight is 513 g/mol. The van der Waals surface area contributed by atoms with Gasteiger partial charge in [0, 0.05) is 18.3 Å². The van der Waals surface area contributed by atoms with E-state index in [0.717, 1.165) is 44.9 Å². The predicted molar refractivity (Wildman–Crippen MR) is 143 cm³/mol. The molecule has 5 heteroatoms. The fourth-order valence-corrected chi connectivity index (χ4v) is 10.8. The molecule has 0 spiro atoms. The minimum Gasteiger partial charge on any atom is -0.481 e. The Labute approximate surface area is 223 Å². The van der Waals surface area contributed by atoms with Gasteiger partial charge in [-0.1, -0.05) is 47.1 Å². The summed E-state index contributed by atoms with van der Waals surface area (Å²) in [5, 5.41) is 10.1. The number of hydrogen-bond donors (Lipinski definition) is 1. The third-order valence-electron chi connectivity index (χ3n) is 13.3. The van der Waals surface area contributed by atoms with E-state index in [0.29, 0.717) is 18.8 Å². The first-order chi connectivity index (χ1) is 16.9. The van der Waals surface area contributed by atoms with Crippen molar-refractivity contribution in [3.05, 3.63) is 11.6 Å². The number of esters is 1. The Kier molecular flexibility index (Phi) is 5.78. The third kappa shape index (κ3) is 3.43. The van der Waals surface area contributed by atoms with Gasteiger partial charge >= 0.3 is 11.9 Å². The number of carbonyl (C=O) groups excluding carboxylic acids is 2. The molecule has 0 unspecified atom stereocenters. The minimum atomic E-state index is -0.729. The van der Waals surface area contributed by atoms with Crippen molar-refractivity contribution in [3.8, 4) is 0 Å². The van der Waals surface area contributed by atoms with Crippen LogP contribution >= 0.6 is 0 Å². The van der Waals surface area contributed by atoms with Gasteiger partial charge in [-0.15, -0.1) is 0 Å². The van der Waals surface area contributed by atoms with Crippen molar-refractivity contribution in [2.75, 3.05) is 0 Å². The molecule has 0 radical (unpaired) electrons. The number of hydrogen-bond acceptors (Lipinski definition) is 4. The largest absolute Gasteiger partial charge is 0.481 e. The molecule has 0 amide bonds. The number of ether oxygens (including phenoxy) is 1. The van der Waals surface area contributed by atoms with Crippen LogP contribution in [0.25, 0.3) is 0 Å². The molecule has 0 aromatic rings. The molecule has 37 heavy (non-hydrogen) atoms. The Morgan fingerprint density at radius 3 is 2.19 bits per heavy atom. The van der Waals surface area contributed by atoms with E-state index >= 15 is 0 Å². The maximum Gasteiger partial charge on any atom is 0.309 e. The lowest BCUT2D eigenvalue weighted by Gasteiger charge is -2.70. The summed E-state index contributed by atoms with van der Waals surface area (Å²) in [5.41, 5.74) is -0.0327. The highest BCUT2D eigenvalue weighted by atomic mass is 16.5. The molecule has 1 N–H and O–H groups in total. The second-order valence-corrected chi connectivity index (χ2v) is 15.5. The first-order valence-corrected chi connectivity index (χ1v) is 14.6. The number of aliphatic carboxylic acids is 1. The lowest BCUT2D eigenvalue weighted by molar-refractivity contribution is -0.210. The molecule has 0 aromatic carbocycles. The quantitative estimate of drug-likeness (QED) is 0.404. The number of carboxylic acid groups (broad SMARTS) is 1. The van der Waals surface area contributed by atoms with Gasteiger partial charge in [-0.05, 0) is 104 Å². The molecular formula is C32H48O5. The molecule has 5 nitrogen and oxygen atoms in total.